The van der Waals surface area contributed by atoms with Crippen LogP contribution >= 0.6 is 34.0 Å². The van der Waals surface area contributed by atoms with Crippen LogP contribution in [-0.2, 0) is 10.8 Å². The highest BCUT2D eigenvalue weighted by atomic mass is 32.1. The number of allylic oxidation sites excluding steroid dienone is 2. The van der Waals surface area contributed by atoms with Gasteiger partial charge in [0.25, 0.3) is 0 Å². The maximum Gasteiger partial charge on any atom is 0.131 e. The minimum absolute atomic E-state index is 0.0190. The van der Waals surface area contributed by atoms with Gasteiger partial charge in [0.15, 0.2) is 0 Å². The summed E-state index contributed by atoms with van der Waals surface area (Å²) in [5.41, 5.74) is 6.39. The Kier molecular flexibility index (Phi) is 5.70. The highest BCUT2D eigenvalue weighted by Crippen LogP contribution is 2.70. The van der Waals surface area contributed by atoms with Crippen LogP contribution in [0.4, 0.5) is 0 Å². The molecule has 0 atom stereocenters. The number of nitrogens with zero attached hydrogens (tertiary/aromatic N) is 4. The molecule has 4 aliphatic carbocycles. The second-order valence-electron chi connectivity index (χ2n) is 11.1. The van der Waals surface area contributed by atoms with Gasteiger partial charge in [-0.2, -0.15) is 21.0 Å². The van der Waals surface area contributed by atoms with Crippen molar-refractivity contribution in [3.63, 3.8) is 0 Å². The first kappa shape index (κ1) is 24.6. The maximum absolute atomic E-state index is 9.36. The van der Waals surface area contributed by atoms with Gasteiger partial charge in [0.1, 0.15) is 35.4 Å². The summed E-state index contributed by atoms with van der Waals surface area (Å²) < 4.78 is 0. The van der Waals surface area contributed by atoms with Crippen LogP contribution in [0.15, 0.2) is 23.3 Å². The molecule has 2 spiro atoms. The van der Waals surface area contributed by atoms with Crippen LogP contribution < -0.4 is 0 Å². The Morgan fingerprint density at radius 3 is 1.31 bits per heavy atom. The Morgan fingerprint density at radius 1 is 0.564 bits per heavy atom. The summed E-state index contributed by atoms with van der Waals surface area (Å²) in [6.45, 7) is 0. The maximum atomic E-state index is 9.36. The first-order valence-electron chi connectivity index (χ1n) is 13.6. The Labute approximate surface area is 240 Å². The first-order chi connectivity index (χ1) is 19.1. The van der Waals surface area contributed by atoms with Crippen LogP contribution in [-0.4, -0.2) is 0 Å². The lowest BCUT2D eigenvalue weighted by molar-refractivity contribution is 0.326. The monoisotopic (exact) mass is 560 g/mol. The third-order valence-electron chi connectivity index (χ3n) is 9.28. The number of thiophene rings is 3. The van der Waals surface area contributed by atoms with Crippen molar-refractivity contribution >= 4 is 46.2 Å². The molecule has 0 N–H and O–H groups in total. The molecule has 3 aromatic heterocycles. The molecule has 0 aliphatic heterocycles. The molecule has 4 nitrogen and oxygen atoms in total. The minimum atomic E-state index is 0.0190. The molecule has 0 bridgehead atoms. The van der Waals surface area contributed by atoms with Crippen molar-refractivity contribution in [2.24, 2.45) is 0 Å². The Hall–Kier alpha value is -3.46. The molecular formula is C32H24N4S3. The zero-order valence-electron chi connectivity index (χ0n) is 21.4. The third-order valence-corrected chi connectivity index (χ3v) is 13.0. The molecule has 190 valence electrons. The molecule has 3 heterocycles. The molecule has 4 aliphatic rings. The molecule has 3 aromatic rings. The van der Waals surface area contributed by atoms with E-state index in [1.807, 2.05) is 35.6 Å². The summed E-state index contributed by atoms with van der Waals surface area (Å²) in [4.78, 5) is 7.50. The van der Waals surface area contributed by atoms with Crippen molar-refractivity contribution < 1.29 is 0 Å². The van der Waals surface area contributed by atoms with E-state index in [2.05, 4.69) is 12.1 Å². The van der Waals surface area contributed by atoms with Crippen LogP contribution in [0, 0.1) is 45.3 Å². The quantitative estimate of drug-likeness (QED) is 0.292. The highest BCUT2D eigenvalue weighted by Gasteiger charge is 2.56. The number of hydrogen-bond acceptors (Lipinski definition) is 7. The van der Waals surface area contributed by atoms with Crippen LogP contribution in [0.1, 0.15) is 96.2 Å². The van der Waals surface area contributed by atoms with Gasteiger partial charge in [-0.1, -0.05) is 38.5 Å². The second kappa shape index (κ2) is 9.05. The van der Waals surface area contributed by atoms with Crippen LogP contribution in [0.2, 0.25) is 0 Å². The molecule has 2 saturated carbocycles. The standard InChI is InChI=1S/C32H24N4S3/c33-15-19(16-34)11-21-13-23-27(37-21)29-25(31(23)7-3-1-4-8-31)26-30(39-29)28-24(32(26)9-5-2-6-10-32)14-22(38-28)12-20(17-35)18-36/h11-14H,1-10H2. The summed E-state index contributed by atoms with van der Waals surface area (Å²) in [7, 11) is 0. The van der Waals surface area contributed by atoms with Gasteiger partial charge in [0.05, 0.1) is 0 Å². The zero-order chi connectivity index (χ0) is 26.8. The summed E-state index contributed by atoms with van der Waals surface area (Å²) in [5.74, 6) is 0. The van der Waals surface area contributed by atoms with Crippen molar-refractivity contribution in [2.45, 2.75) is 75.0 Å². The van der Waals surface area contributed by atoms with Gasteiger partial charge in [-0.15, -0.1) is 34.0 Å². The van der Waals surface area contributed by atoms with Gasteiger partial charge in [-0.05, 0) is 72.2 Å². The molecule has 39 heavy (non-hydrogen) atoms. The van der Waals surface area contributed by atoms with Crippen molar-refractivity contribution in [2.75, 3.05) is 0 Å². The fourth-order valence-electron chi connectivity index (χ4n) is 7.76. The van der Waals surface area contributed by atoms with Crippen LogP contribution in [0.25, 0.3) is 31.7 Å². The molecule has 7 heteroatoms. The topological polar surface area (TPSA) is 95.2 Å². The van der Waals surface area contributed by atoms with Gasteiger partial charge < -0.3 is 0 Å². The van der Waals surface area contributed by atoms with E-state index in [4.69, 9.17) is 0 Å². The number of rotatable bonds is 2. The molecule has 0 saturated heterocycles. The second-order valence-corrected chi connectivity index (χ2v) is 14.3. The summed E-state index contributed by atoms with van der Waals surface area (Å²) >= 11 is 5.41. The zero-order valence-corrected chi connectivity index (χ0v) is 23.8. The average Bonchev–Trinajstić information content (AvgIpc) is 3.76. The van der Waals surface area contributed by atoms with Crippen molar-refractivity contribution in [1.29, 1.82) is 21.0 Å². The number of hydrogen-bond donors (Lipinski definition) is 0. The first-order valence-corrected chi connectivity index (χ1v) is 16.0. The van der Waals surface area contributed by atoms with Crippen LogP contribution in [0.5, 0.6) is 0 Å². The molecule has 2 fully saturated rings. The number of nitriles is 4. The molecule has 0 unspecified atom stereocenters. The van der Waals surface area contributed by atoms with Crippen molar-refractivity contribution in [1.82, 2.24) is 0 Å². The lowest BCUT2D eigenvalue weighted by Crippen LogP contribution is -2.34. The van der Waals surface area contributed by atoms with Gasteiger partial charge in [0.2, 0.25) is 0 Å². The van der Waals surface area contributed by atoms with Crippen molar-refractivity contribution in [3.05, 3.63) is 55.3 Å². The van der Waals surface area contributed by atoms with E-state index in [1.165, 1.54) is 69.2 Å². The number of fused-ring (bicyclic) bond motifs is 11. The summed E-state index contributed by atoms with van der Waals surface area (Å²) in [6, 6.07) is 12.7. The van der Waals surface area contributed by atoms with Crippen LogP contribution in [0.3, 0.4) is 0 Å². The van der Waals surface area contributed by atoms with E-state index in [0.29, 0.717) is 0 Å². The van der Waals surface area contributed by atoms with Crippen molar-refractivity contribution in [3.8, 4) is 43.8 Å². The lowest BCUT2D eigenvalue weighted by atomic mass is 9.61. The van der Waals surface area contributed by atoms with E-state index >= 15 is 0 Å². The van der Waals surface area contributed by atoms with Gasteiger partial charge >= 0.3 is 0 Å². The fourth-order valence-corrected chi connectivity index (χ4v) is 12.0. The summed E-state index contributed by atoms with van der Waals surface area (Å²) in [6.07, 6.45) is 15.6. The third kappa shape index (κ3) is 3.35. The highest BCUT2D eigenvalue weighted by molar-refractivity contribution is 7.27. The lowest BCUT2D eigenvalue weighted by Gasteiger charge is -2.41. The van der Waals surface area contributed by atoms with E-state index in [9.17, 15) is 21.0 Å². The molecular weight excluding hydrogens is 537 g/mol. The molecule has 7 rings (SSSR count). The smallest absolute Gasteiger partial charge is 0.131 e. The Balaban J connectivity index is 1.48. The van der Waals surface area contributed by atoms with Gasteiger partial charge in [0, 0.05) is 40.1 Å². The summed E-state index contributed by atoms with van der Waals surface area (Å²) in [5, 5.41) is 37.5. The molecule has 0 amide bonds. The minimum Gasteiger partial charge on any atom is -0.192 e. The van der Waals surface area contributed by atoms with E-state index in [1.54, 1.807) is 46.0 Å². The largest absolute Gasteiger partial charge is 0.192 e. The Morgan fingerprint density at radius 2 is 0.949 bits per heavy atom. The molecule has 0 radical (unpaired) electrons. The predicted molar refractivity (Wildman–Crippen MR) is 157 cm³/mol. The SMILES string of the molecule is N#CC(C#N)=Cc1cc2c(s1)-c1sc3c(c1C21CCCCC1)C1(CCCCC1)c1cc(C=C(C#N)C#N)sc1-3. The average molecular weight is 561 g/mol. The van der Waals surface area contributed by atoms with Gasteiger partial charge in [-0.3, -0.25) is 0 Å². The Bertz CT molecular complexity index is 1610. The predicted octanol–water partition coefficient (Wildman–Crippen LogP) is 9.19. The van der Waals surface area contributed by atoms with E-state index in [0.717, 1.165) is 35.4 Å². The van der Waals surface area contributed by atoms with E-state index in [-0.39, 0.29) is 22.0 Å². The van der Waals surface area contributed by atoms with E-state index < -0.39 is 0 Å². The molecule has 0 aromatic carbocycles. The van der Waals surface area contributed by atoms with Gasteiger partial charge in [-0.25, -0.2) is 0 Å². The fraction of sp³-hybridized carbons (Fsp3) is 0.375. The normalized spacial score (nSPS) is 18.6.